The fraction of sp³-hybridized carbons (Fsp3) is 0.467. The van der Waals surface area contributed by atoms with Crippen molar-refractivity contribution in [3.05, 3.63) is 24.3 Å². The van der Waals surface area contributed by atoms with Gasteiger partial charge < -0.3 is 15.0 Å². The van der Waals surface area contributed by atoms with E-state index in [2.05, 4.69) is 10.3 Å². The van der Waals surface area contributed by atoms with Crippen LogP contribution in [0, 0.1) is 0 Å². The van der Waals surface area contributed by atoms with Crippen LogP contribution in [-0.4, -0.2) is 38.5 Å². The molecule has 1 aliphatic rings. The Bertz CT molecular complexity index is 716. The molecule has 0 radical (unpaired) electrons. The monoisotopic (exact) mass is 341 g/mol. The van der Waals surface area contributed by atoms with E-state index in [4.69, 9.17) is 0 Å². The van der Waals surface area contributed by atoms with Gasteiger partial charge in [0, 0.05) is 6.54 Å². The Balaban J connectivity index is 1.76. The van der Waals surface area contributed by atoms with Gasteiger partial charge in [0.1, 0.15) is 6.54 Å². The second kappa shape index (κ2) is 6.45. The van der Waals surface area contributed by atoms with E-state index >= 15 is 0 Å². The number of carbonyl (C=O) groups is 1. The number of hydrogen-bond donors (Lipinski definition) is 2. The summed E-state index contributed by atoms with van der Waals surface area (Å²) < 4.78 is 26.9. The number of rotatable bonds is 6. The zero-order valence-corrected chi connectivity index (χ0v) is 13.2. The second-order valence-corrected chi connectivity index (χ2v) is 6.66. The molecule has 0 spiro atoms. The van der Waals surface area contributed by atoms with Gasteiger partial charge in [0.05, 0.1) is 16.6 Å². The van der Waals surface area contributed by atoms with Gasteiger partial charge in [0.2, 0.25) is 5.91 Å². The third-order valence-electron chi connectivity index (χ3n) is 4.01. The van der Waals surface area contributed by atoms with E-state index in [1.165, 1.54) is 4.57 Å². The minimum absolute atomic E-state index is 0.106. The maximum atomic E-state index is 12.7. The van der Waals surface area contributed by atoms with Crippen molar-refractivity contribution < 1.29 is 18.7 Å². The van der Waals surface area contributed by atoms with Crippen LogP contribution in [0.15, 0.2) is 29.4 Å². The number of benzene rings is 1. The molecule has 0 bridgehead atoms. The molecule has 0 aliphatic heterocycles. The second-order valence-electron chi connectivity index (χ2n) is 5.70. The van der Waals surface area contributed by atoms with E-state index in [0.29, 0.717) is 35.6 Å². The van der Waals surface area contributed by atoms with Gasteiger partial charge in [-0.25, -0.2) is 4.98 Å². The molecular formula is C15H17F2N3O2S. The van der Waals surface area contributed by atoms with Gasteiger partial charge in [-0.2, -0.15) is 8.78 Å². The summed E-state index contributed by atoms with van der Waals surface area (Å²) in [5.74, 6) is -2.94. The molecule has 1 amide bonds. The summed E-state index contributed by atoms with van der Waals surface area (Å²) in [6, 6.07) is 7.00. The average molecular weight is 341 g/mol. The highest BCUT2D eigenvalue weighted by molar-refractivity contribution is 7.99. The van der Waals surface area contributed by atoms with Gasteiger partial charge in [-0.05, 0) is 43.2 Å². The van der Waals surface area contributed by atoms with E-state index in [-0.39, 0.29) is 24.2 Å². The van der Waals surface area contributed by atoms with Crippen LogP contribution in [0.1, 0.15) is 19.3 Å². The third kappa shape index (κ3) is 3.64. The molecule has 2 N–H and O–H groups in total. The Morgan fingerprint density at radius 1 is 1.43 bits per heavy atom. The van der Waals surface area contributed by atoms with Gasteiger partial charge in [-0.15, -0.1) is 0 Å². The van der Waals surface area contributed by atoms with Crippen LogP contribution in [0.4, 0.5) is 8.78 Å². The summed E-state index contributed by atoms with van der Waals surface area (Å²) in [6.07, 6.45) is 2.30. The maximum Gasteiger partial charge on any atom is 0.291 e. The molecule has 1 aliphatic carbocycles. The van der Waals surface area contributed by atoms with Crippen molar-refractivity contribution in [3.63, 3.8) is 0 Å². The molecule has 1 heterocycles. The Morgan fingerprint density at radius 3 is 2.83 bits per heavy atom. The lowest BCUT2D eigenvalue weighted by Gasteiger charge is -2.36. The highest BCUT2D eigenvalue weighted by Gasteiger charge is 2.34. The molecule has 0 atom stereocenters. The van der Waals surface area contributed by atoms with Gasteiger partial charge in [0.25, 0.3) is 5.76 Å². The van der Waals surface area contributed by atoms with Crippen LogP contribution in [0.5, 0.6) is 0 Å². The molecule has 124 valence electrons. The van der Waals surface area contributed by atoms with Crippen LogP contribution < -0.4 is 5.32 Å². The van der Waals surface area contributed by atoms with Crippen molar-refractivity contribution in [2.75, 3.05) is 6.54 Å². The van der Waals surface area contributed by atoms with E-state index in [1.54, 1.807) is 24.3 Å². The highest BCUT2D eigenvalue weighted by atomic mass is 32.2. The van der Waals surface area contributed by atoms with Crippen LogP contribution in [0.2, 0.25) is 0 Å². The number of thioether (sulfide) groups is 1. The summed E-state index contributed by atoms with van der Waals surface area (Å²) in [6.45, 7) is 0.0848. The summed E-state index contributed by atoms with van der Waals surface area (Å²) in [7, 11) is 0. The Morgan fingerprint density at radius 2 is 2.17 bits per heavy atom. The number of fused-ring (bicyclic) bond motifs is 1. The summed E-state index contributed by atoms with van der Waals surface area (Å²) in [4.78, 5) is 16.3. The third-order valence-corrected chi connectivity index (χ3v) is 4.72. The van der Waals surface area contributed by atoms with Crippen molar-refractivity contribution in [2.24, 2.45) is 0 Å². The molecule has 5 nitrogen and oxygen atoms in total. The molecule has 23 heavy (non-hydrogen) atoms. The molecule has 2 aromatic rings. The van der Waals surface area contributed by atoms with Crippen molar-refractivity contribution in [3.8, 4) is 0 Å². The lowest BCUT2D eigenvalue weighted by Crippen LogP contribution is -2.48. The fourth-order valence-corrected chi connectivity index (χ4v) is 3.20. The number of halogens is 2. The number of nitrogens with zero attached hydrogens (tertiary/aromatic N) is 2. The van der Waals surface area contributed by atoms with Crippen molar-refractivity contribution >= 4 is 28.7 Å². The largest absolute Gasteiger partial charge is 0.388 e. The first-order chi connectivity index (χ1) is 11.0. The van der Waals surface area contributed by atoms with E-state index in [0.717, 1.165) is 6.42 Å². The predicted molar refractivity (Wildman–Crippen MR) is 83.4 cm³/mol. The molecule has 3 rings (SSSR count). The summed E-state index contributed by atoms with van der Waals surface area (Å²) in [5.41, 5.74) is 0.391. The lowest BCUT2D eigenvalue weighted by molar-refractivity contribution is -0.124. The van der Waals surface area contributed by atoms with Crippen LogP contribution in [0.25, 0.3) is 11.0 Å². The van der Waals surface area contributed by atoms with E-state index < -0.39 is 11.4 Å². The molecule has 1 saturated carbocycles. The first kappa shape index (κ1) is 16.2. The SMILES string of the molecule is O=C(Cn1c(SC(F)F)nc2ccccc21)NCC1(O)CCC1. The van der Waals surface area contributed by atoms with Crippen molar-refractivity contribution in [1.82, 2.24) is 14.9 Å². The zero-order chi connectivity index (χ0) is 16.4. The zero-order valence-electron chi connectivity index (χ0n) is 12.3. The predicted octanol–water partition coefficient (Wildman–Crippen LogP) is 2.38. The highest BCUT2D eigenvalue weighted by Crippen LogP contribution is 2.31. The van der Waals surface area contributed by atoms with Crippen molar-refractivity contribution in [1.29, 1.82) is 0 Å². The molecule has 1 aromatic carbocycles. The number of imidazole rings is 1. The molecular weight excluding hydrogens is 324 g/mol. The summed E-state index contributed by atoms with van der Waals surface area (Å²) >= 11 is 0.321. The molecule has 0 saturated heterocycles. The smallest absolute Gasteiger partial charge is 0.291 e. The molecule has 0 unspecified atom stereocenters. The lowest BCUT2D eigenvalue weighted by atomic mass is 9.80. The van der Waals surface area contributed by atoms with Gasteiger partial charge in [-0.1, -0.05) is 12.1 Å². The minimum atomic E-state index is -2.61. The minimum Gasteiger partial charge on any atom is -0.388 e. The van der Waals surface area contributed by atoms with E-state index in [9.17, 15) is 18.7 Å². The van der Waals surface area contributed by atoms with Crippen LogP contribution in [0.3, 0.4) is 0 Å². The van der Waals surface area contributed by atoms with Gasteiger partial charge in [-0.3, -0.25) is 4.79 Å². The standard InChI is InChI=1S/C15H17F2N3O2S/c16-13(17)23-14-19-10-4-1-2-5-11(10)20(14)8-12(21)18-9-15(22)6-3-7-15/h1-2,4-5,13,22H,3,6-9H2,(H,18,21). The molecule has 1 aromatic heterocycles. The maximum absolute atomic E-state index is 12.7. The number of nitrogens with one attached hydrogen (secondary N) is 1. The number of aliphatic hydroxyl groups is 1. The molecule has 8 heteroatoms. The number of aromatic nitrogens is 2. The average Bonchev–Trinajstić information content (AvgIpc) is 2.80. The van der Waals surface area contributed by atoms with Gasteiger partial charge >= 0.3 is 0 Å². The van der Waals surface area contributed by atoms with Crippen molar-refractivity contribution in [2.45, 2.75) is 42.3 Å². The van der Waals surface area contributed by atoms with Gasteiger partial charge in [0.15, 0.2) is 5.16 Å². The van der Waals surface area contributed by atoms with E-state index in [1.807, 2.05) is 0 Å². The normalized spacial score (nSPS) is 16.5. The first-order valence-corrected chi connectivity index (χ1v) is 8.24. The number of hydrogen-bond acceptors (Lipinski definition) is 4. The number of alkyl halides is 2. The fourth-order valence-electron chi connectivity index (χ4n) is 2.60. The van der Waals surface area contributed by atoms with Crippen LogP contribution >= 0.6 is 11.8 Å². The Labute approximate surface area is 136 Å². The summed E-state index contributed by atoms with van der Waals surface area (Å²) in [5, 5.41) is 12.8. The topological polar surface area (TPSA) is 67.2 Å². The number of amides is 1. The quantitative estimate of drug-likeness (QED) is 0.792. The Kier molecular flexibility index (Phi) is 4.54. The first-order valence-electron chi connectivity index (χ1n) is 7.36. The number of carbonyl (C=O) groups excluding carboxylic acids is 1. The molecule has 1 fully saturated rings. The number of para-hydroxylation sites is 2. The van der Waals surface area contributed by atoms with Crippen LogP contribution in [-0.2, 0) is 11.3 Å². The Hall–Kier alpha value is -1.67.